The lowest BCUT2D eigenvalue weighted by molar-refractivity contribution is 0.590. The molecule has 0 amide bonds. The zero-order chi connectivity index (χ0) is 41.2. The number of anilines is 6. The van der Waals surface area contributed by atoms with Crippen molar-refractivity contribution in [2.75, 3.05) is 9.80 Å². The van der Waals surface area contributed by atoms with Crippen molar-refractivity contribution in [3.05, 3.63) is 162 Å². The second kappa shape index (κ2) is 13.2. The maximum atomic E-state index is 2.56. The van der Waals surface area contributed by atoms with Crippen LogP contribution < -0.4 is 26.2 Å². The first-order valence-corrected chi connectivity index (χ1v) is 22.0. The number of rotatable bonds is 3. The number of hydrogen-bond acceptors (Lipinski definition) is 3. The smallest absolute Gasteiger partial charge is 0.252 e. The highest BCUT2D eigenvalue weighted by atomic mass is 32.1. The third-order valence-corrected chi connectivity index (χ3v) is 13.9. The topological polar surface area (TPSA) is 6.48 Å². The second-order valence-corrected chi connectivity index (χ2v) is 21.1. The molecule has 0 saturated heterocycles. The zero-order valence-corrected chi connectivity index (χ0v) is 37.0. The van der Waals surface area contributed by atoms with E-state index in [4.69, 9.17) is 0 Å². The van der Waals surface area contributed by atoms with Gasteiger partial charge in [0, 0.05) is 54.3 Å². The summed E-state index contributed by atoms with van der Waals surface area (Å²) in [4.78, 5) is 5.11. The standard InChI is InChI=1S/C55H53BN2S/c1-34-29-48-52-49(30-34)58(41-24-18-37(19-25-41)53(2,3)4)47-33-39(55(8,9)10)21-28-45(47)56(52)44-27-20-38(54(5,6)7)32-46(44)57(48)40-22-15-35(16-23-40)36-17-26-43-42-13-11-12-14-50(42)59-51(43)31-36/h11-33H,1-10H3. The first kappa shape index (κ1) is 37.7. The number of benzene rings is 7. The summed E-state index contributed by atoms with van der Waals surface area (Å²) in [5.41, 5.74) is 19.3. The number of aryl methyl sites for hydroxylation is 1. The third kappa shape index (κ3) is 6.22. The molecule has 2 nitrogen and oxygen atoms in total. The third-order valence-electron chi connectivity index (χ3n) is 12.8. The maximum absolute atomic E-state index is 2.56. The molecule has 2 aliphatic heterocycles. The van der Waals surface area contributed by atoms with Crippen molar-refractivity contribution in [3.63, 3.8) is 0 Å². The molecular formula is C55H53BN2S. The van der Waals surface area contributed by atoms with Gasteiger partial charge in [-0.3, -0.25) is 0 Å². The van der Waals surface area contributed by atoms with Crippen molar-refractivity contribution in [1.82, 2.24) is 0 Å². The fraction of sp³-hybridized carbons (Fsp3) is 0.236. The summed E-state index contributed by atoms with van der Waals surface area (Å²) in [6.07, 6.45) is 0. The van der Waals surface area contributed by atoms with E-state index in [0.717, 1.165) is 0 Å². The minimum absolute atomic E-state index is 0.00403. The summed E-state index contributed by atoms with van der Waals surface area (Å²) in [5.74, 6) is 0. The van der Waals surface area contributed by atoms with Crippen molar-refractivity contribution >= 4 is 88.7 Å². The molecule has 0 unspecified atom stereocenters. The quantitative estimate of drug-likeness (QED) is 0.165. The van der Waals surface area contributed by atoms with Crippen LogP contribution in [0.3, 0.4) is 0 Å². The zero-order valence-electron chi connectivity index (χ0n) is 36.2. The molecule has 0 saturated carbocycles. The van der Waals surface area contributed by atoms with Crippen LogP contribution in [0.2, 0.25) is 0 Å². The van der Waals surface area contributed by atoms with Crippen LogP contribution in [-0.2, 0) is 16.2 Å². The van der Waals surface area contributed by atoms with Gasteiger partial charge >= 0.3 is 0 Å². The van der Waals surface area contributed by atoms with Gasteiger partial charge in [-0.2, -0.15) is 0 Å². The van der Waals surface area contributed by atoms with E-state index >= 15 is 0 Å². The highest BCUT2D eigenvalue weighted by molar-refractivity contribution is 7.25. The van der Waals surface area contributed by atoms with Gasteiger partial charge in [0.05, 0.1) is 0 Å². The lowest BCUT2D eigenvalue weighted by Crippen LogP contribution is -2.61. The second-order valence-electron chi connectivity index (χ2n) is 20.0. The number of hydrogen-bond donors (Lipinski definition) is 0. The molecule has 1 aromatic heterocycles. The molecule has 0 fully saturated rings. The molecule has 4 heteroatoms. The largest absolute Gasteiger partial charge is 0.311 e. The summed E-state index contributed by atoms with van der Waals surface area (Å²) in [5, 5.41) is 2.67. The van der Waals surface area contributed by atoms with Crippen LogP contribution in [0.4, 0.5) is 34.1 Å². The monoisotopic (exact) mass is 784 g/mol. The van der Waals surface area contributed by atoms with Crippen molar-refractivity contribution in [3.8, 4) is 11.1 Å². The van der Waals surface area contributed by atoms with E-state index < -0.39 is 0 Å². The molecule has 8 aromatic rings. The molecule has 292 valence electrons. The van der Waals surface area contributed by atoms with Gasteiger partial charge in [0.15, 0.2) is 0 Å². The van der Waals surface area contributed by atoms with Gasteiger partial charge in [-0.15, -0.1) is 11.3 Å². The van der Waals surface area contributed by atoms with E-state index in [1.807, 2.05) is 11.3 Å². The van der Waals surface area contributed by atoms with Gasteiger partial charge in [0.2, 0.25) is 0 Å². The minimum Gasteiger partial charge on any atom is -0.311 e. The van der Waals surface area contributed by atoms with Crippen molar-refractivity contribution < 1.29 is 0 Å². The summed E-state index contributed by atoms with van der Waals surface area (Å²) < 4.78 is 2.67. The van der Waals surface area contributed by atoms with Crippen LogP contribution in [0.1, 0.15) is 84.6 Å². The average molecular weight is 785 g/mol. The lowest BCUT2D eigenvalue weighted by atomic mass is 9.33. The van der Waals surface area contributed by atoms with Crippen molar-refractivity contribution in [2.45, 2.75) is 85.5 Å². The molecule has 59 heavy (non-hydrogen) atoms. The van der Waals surface area contributed by atoms with Gasteiger partial charge < -0.3 is 9.80 Å². The van der Waals surface area contributed by atoms with Crippen LogP contribution in [0.5, 0.6) is 0 Å². The minimum atomic E-state index is -0.00403. The first-order chi connectivity index (χ1) is 28.0. The average Bonchev–Trinajstić information content (AvgIpc) is 3.57. The van der Waals surface area contributed by atoms with E-state index in [0.29, 0.717) is 0 Å². The summed E-state index contributed by atoms with van der Waals surface area (Å²) in [7, 11) is 0. The Morgan fingerprint density at radius 3 is 1.44 bits per heavy atom. The summed E-state index contributed by atoms with van der Waals surface area (Å²) >= 11 is 1.88. The Morgan fingerprint density at radius 2 is 0.898 bits per heavy atom. The van der Waals surface area contributed by atoms with E-state index in [9.17, 15) is 0 Å². The fourth-order valence-electron chi connectivity index (χ4n) is 9.43. The van der Waals surface area contributed by atoms with E-state index in [1.165, 1.54) is 104 Å². The molecule has 0 radical (unpaired) electrons. The molecule has 0 atom stereocenters. The highest BCUT2D eigenvalue weighted by Gasteiger charge is 2.44. The molecule has 0 N–H and O–H groups in total. The number of nitrogens with zero attached hydrogens (tertiary/aromatic N) is 2. The summed E-state index contributed by atoms with van der Waals surface area (Å²) in [6.45, 7) is 23.2. The molecular weight excluding hydrogens is 731 g/mol. The molecule has 0 bridgehead atoms. The molecule has 0 spiro atoms. The first-order valence-electron chi connectivity index (χ1n) is 21.2. The molecule has 7 aromatic carbocycles. The number of thiophene rings is 1. The van der Waals surface area contributed by atoms with Crippen molar-refractivity contribution in [1.29, 1.82) is 0 Å². The Balaban J connectivity index is 1.18. The molecule has 3 heterocycles. The Labute approximate surface area is 355 Å². The SMILES string of the molecule is Cc1cc2c3c(c1)N(c1ccc(C(C)(C)C)cc1)c1cc(C(C)(C)C)ccc1B3c1ccc(C(C)(C)C)cc1N2c1ccc(-c2ccc3c(c2)sc2ccccc23)cc1. The van der Waals surface area contributed by atoms with Crippen LogP contribution in [0.15, 0.2) is 140 Å². The maximum Gasteiger partial charge on any atom is 0.252 e. The Morgan fingerprint density at radius 1 is 0.424 bits per heavy atom. The van der Waals surface area contributed by atoms with Gasteiger partial charge in [0.25, 0.3) is 6.71 Å². The molecule has 0 aliphatic carbocycles. The molecule has 2 aliphatic rings. The van der Waals surface area contributed by atoms with Gasteiger partial charge in [-0.25, -0.2) is 0 Å². The summed E-state index contributed by atoms with van der Waals surface area (Å²) in [6, 6.07) is 53.8. The predicted octanol–water partition coefficient (Wildman–Crippen LogP) is 14.0. The van der Waals surface area contributed by atoms with Crippen LogP contribution in [0, 0.1) is 6.92 Å². The van der Waals surface area contributed by atoms with E-state index in [2.05, 4.69) is 219 Å². The number of fused-ring (bicyclic) bond motifs is 7. The Bertz CT molecular complexity index is 2950. The van der Waals surface area contributed by atoms with E-state index in [-0.39, 0.29) is 23.0 Å². The van der Waals surface area contributed by atoms with E-state index in [1.54, 1.807) is 0 Å². The predicted molar refractivity (Wildman–Crippen MR) is 260 cm³/mol. The Hall–Kier alpha value is -5.58. The van der Waals surface area contributed by atoms with Gasteiger partial charge in [-0.1, -0.05) is 141 Å². The molecule has 10 rings (SSSR count). The lowest BCUT2D eigenvalue weighted by Gasteiger charge is -2.45. The Kier molecular flexibility index (Phi) is 8.44. The van der Waals surface area contributed by atoms with Crippen LogP contribution >= 0.6 is 11.3 Å². The normalized spacial score (nSPS) is 13.8. The fourth-order valence-corrected chi connectivity index (χ4v) is 10.6. The van der Waals surface area contributed by atoms with Crippen molar-refractivity contribution in [2.24, 2.45) is 0 Å². The van der Waals surface area contributed by atoms with Gasteiger partial charge in [0.1, 0.15) is 0 Å². The van der Waals surface area contributed by atoms with Gasteiger partial charge in [-0.05, 0) is 134 Å². The highest BCUT2D eigenvalue weighted by Crippen LogP contribution is 2.47. The van der Waals surface area contributed by atoms with Crippen LogP contribution in [0.25, 0.3) is 31.3 Å². The van der Waals surface area contributed by atoms with Crippen LogP contribution in [-0.4, -0.2) is 6.71 Å².